The number of aromatic nitrogens is 2. The molecule has 0 unspecified atom stereocenters. The average Bonchev–Trinajstić information content (AvgIpc) is 3.63. The Morgan fingerprint density at radius 2 is 1.95 bits per heavy atom. The highest BCUT2D eigenvalue weighted by Gasteiger charge is 2.54. The van der Waals surface area contributed by atoms with Gasteiger partial charge in [0.05, 0.1) is 37.8 Å². The number of ether oxygens (including phenoxy) is 2. The predicted molar refractivity (Wildman–Crippen MR) is 140 cm³/mol. The van der Waals surface area contributed by atoms with E-state index in [9.17, 15) is 22.4 Å². The van der Waals surface area contributed by atoms with Crippen molar-refractivity contribution in [1.82, 2.24) is 9.55 Å². The molecule has 0 saturated heterocycles. The number of benzene rings is 2. The lowest BCUT2D eigenvalue weighted by molar-refractivity contribution is -0.146. The van der Waals surface area contributed by atoms with Crippen LogP contribution in [0.5, 0.6) is 0 Å². The van der Waals surface area contributed by atoms with E-state index in [1.165, 1.54) is 19.2 Å². The Bertz CT molecular complexity index is 1400. The first kappa shape index (κ1) is 27.5. The van der Waals surface area contributed by atoms with E-state index in [0.29, 0.717) is 18.5 Å². The fraction of sp³-hybridized carbons (Fsp3) is 0.379. The molecule has 0 bridgehead atoms. The van der Waals surface area contributed by atoms with E-state index in [-0.39, 0.29) is 23.6 Å². The molecule has 39 heavy (non-hydrogen) atoms. The van der Waals surface area contributed by atoms with Gasteiger partial charge in [-0.2, -0.15) is 13.2 Å². The van der Waals surface area contributed by atoms with Gasteiger partial charge < -0.3 is 9.47 Å². The highest BCUT2D eigenvalue weighted by Crippen LogP contribution is 2.54. The molecule has 3 aromatic rings. The minimum Gasteiger partial charge on any atom is -0.469 e. The highest BCUT2D eigenvalue weighted by atomic mass is 32.2. The molecule has 3 atom stereocenters. The number of methoxy groups -OCH3 is 1. The van der Waals surface area contributed by atoms with Crippen LogP contribution in [0, 0.1) is 11.7 Å². The Kier molecular flexibility index (Phi) is 7.37. The van der Waals surface area contributed by atoms with Crippen LogP contribution >= 0.6 is 11.8 Å². The Morgan fingerprint density at radius 3 is 2.62 bits per heavy atom. The van der Waals surface area contributed by atoms with E-state index in [2.05, 4.69) is 4.98 Å². The van der Waals surface area contributed by atoms with Crippen LogP contribution in [0.4, 0.5) is 17.6 Å². The average molecular weight is 561 g/mol. The van der Waals surface area contributed by atoms with E-state index < -0.39 is 29.3 Å². The molecule has 1 spiro atoms. The van der Waals surface area contributed by atoms with Crippen molar-refractivity contribution in [2.24, 2.45) is 5.92 Å². The fourth-order valence-corrected chi connectivity index (χ4v) is 6.66. The molecule has 5 nitrogen and oxygen atoms in total. The number of carbonyl (C=O) groups excluding carboxylic acids is 1. The van der Waals surface area contributed by atoms with Gasteiger partial charge in [0.15, 0.2) is 0 Å². The number of esters is 1. The van der Waals surface area contributed by atoms with Gasteiger partial charge in [0, 0.05) is 21.8 Å². The molecule has 10 heteroatoms. The number of thioether (sulfide) groups is 1. The lowest BCUT2D eigenvalue weighted by atomic mass is 9.79. The molecule has 2 heterocycles. The Morgan fingerprint density at radius 1 is 1.21 bits per heavy atom. The summed E-state index contributed by atoms with van der Waals surface area (Å²) in [6, 6.07) is 11.3. The second kappa shape index (κ2) is 10.5. The van der Waals surface area contributed by atoms with Crippen molar-refractivity contribution in [3.05, 3.63) is 83.7 Å². The van der Waals surface area contributed by atoms with Crippen LogP contribution in [-0.2, 0) is 20.4 Å². The van der Waals surface area contributed by atoms with Gasteiger partial charge in [-0.3, -0.25) is 9.36 Å². The Balaban J connectivity index is 1.61. The maximum atomic E-state index is 13.7. The molecule has 206 valence electrons. The maximum absolute atomic E-state index is 13.7. The summed E-state index contributed by atoms with van der Waals surface area (Å²) in [5, 5.41) is 0.229. The van der Waals surface area contributed by atoms with Gasteiger partial charge in [-0.15, -0.1) is 11.8 Å². The van der Waals surface area contributed by atoms with Crippen LogP contribution in [0.25, 0.3) is 11.3 Å². The molecular formula is C29H28F4N2O3S. The molecule has 1 aromatic heterocycles. The molecule has 2 aromatic carbocycles. The number of halogens is 4. The normalized spacial score (nSPS) is 23.0. The van der Waals surface area contributed by atoms with Crippen molar-refractivity contribution in [2.45, 2.75) is 54.5 Å². The van der Waals surface area contributed by atoms with Gasteiger partial charge in [0.25, 0.3) is 0 Å². The van der Waals surface area contributed by atoms with Crippen LogP contribution < -0.4 is 0 Å². The van der Waals surface area contributed by atoms with Crippen molar-refractivity contribution in [3.63, 3.8) is 0 Å². The molecule has 0 radical (unpaired) electrons. The number of imidazole rings is 1. The van der Waals surface area contributed by atoms with E-state index in [1.807, 2.05) is 26.0 Å². The largest absolute Gasteiger partial charge is 0.469 e. The summed E-state index contributed by atoms with van der Waals surface area (Å²) in [5.74, 6) is -1.62. The molecule has 2 aliphatic rings. The molecule has 1 aliphatic carbocycles. The SMILES string of the molecule is COC(=O)[C@H]1CC[C@@]2(C=C(c3cc(-n4cncc4C(F)(F)F)ccc3SC(C)C)CO2)[C@@H]1c1ccc(F)cc1. The van der Waals surface area contributed by atoms with Crippen LogP contribution in [0.2, 0.25) is 0 Å². The van der Waals surface area contributed by atoms with E-state index in [0.717, 1.165) is 38.7 Å². The lowest BCUT2D eigenvalue weighted by Crippen LogP contribution is -2.34. The quantitative estimate of drug-likeness (QED) is 0.184. The topological polar surface area (TPSA) is 53.4 Å². The van der Waals surface area contributed by atoms with Gasteiger partial charge >= 0.3 is 12.1 Å². The van der Waals surface area contributed by atoms with Gasteiger partial charge in [-0.05, 0) is 65.9 Å². The third-order valence-corrected chi connectivity index (χ3v) is 8.38. The second-order valence-electron chi connectivity index (χ2n) is 10.1. The van der Waals surface area contributed by atoms with Gasteiger partial charge in [-0.1, -0.05) is 26.0 Å². The Hall–Kier alpha value is -3.11. The molecule has 0 amide bonds. The van der Waals surface area contributed by atoms with E-state index in [1.54, 1.807) is 36.0 Å². The van der Waals surface area contributed by atoms with Crippen LogP contribution in [0.15, 0.2) is 66.0 Å². The standard InChI is InChI=1S/C29H28F4N2O3S/c1-17(2)39-24-9-8-21(35-16-34-14-25(35)29(31,32)33)12-23(24)19-13-28(38-15-19)11-10-22(27(36)37-3)26(28)18-4-6-20(30)7-5-18/h4-9,12-14,16-17,22,26H,10-11,15H2,1-3H3/t22-,26+,28+/m0/s1. The molecule has 1 fully saturated rings. The zero-order valence-corrected chi connectivity index (χ0v) is 22.5. The maximum Gasteiger partial charge on any atom is 0.433 e. The minimum absolute atomic E-state index is 0.219. The van der Waals surface area contributed by atoms with Crippen molar-refractivity contribution in [1.29, 1.82) is 0 Å². The zero-order chi connectivity index (χ0) is 27.9. The first-order valence-electron chi connectivity index (χ1n) is 12.6. The van der Waals surface area contributed by atoms with E-state index in [4.69, 9.17) is 9.47 Å². The summed E-state index contributed by atoms with van der Waals surface area (Å²) < 4.78 is 67.2. The lowest BCUT2D eigenvalue weighted by Gasteiger charge is -2.31. The number of carbonyl (C=O) groups is 1. The third kappa shape index (κ3) is 5.24. The highest BCUT2D eigenvalue weighted by molar-refractivity contribution is 8.00. The smallest absolute Gasteiger partial charge is 0.433 e. The molecule has 1 saturated carbocycles. The number of nitrogens with zero attached hydrogens (tertiary/aromatic N) is 2. The first-order chi connectivity index (χ1) is 18.5. The van der Waals surface area contributed by atoms with E-state index >= 15 is 0 Å². The molecular weight excluding hydrogens is 532 g/mol. The summed E-state index contributed by atoms with van der Waals surface area (Å²) in [6.07, 6.45) is 0.479. The molecule has 5 rings (SSSR count). The van der Waals surface area contributed by atoms with Crippen LogP contribution in [0.1, 0.15) is 49.4 Å². The van der Waals surface area contributed by atoms with Crippen molar-refractivity contribution < 1.29 is 31.8 Å². The molecule has 1 aliphatic heterocycles. The predicted octanol–water partition coefficient (Wildman–Crippen LogP) is 7.05. The van der Waals surface area contributed by atoms with Gasteiger partial charge in [-0.25, -0.2) is 9.37 Å². The van der Waals surface area contributed by atoms with Crippen molar-refractivity contribution in [2.75, 3.05) is 13.7 Å². The monoisotopic (exact) mass is 560 g/mol. The third-order valence-electron chi connectivity index (χ3n) is 7.30. The first-order valence-corrected chi connectivity index (χ1v) is 13.5. The van der Waals surface area contributed by atoms with Crippen molar-refractivity contribution >= 4 is 23.3 Å². The summed E-state index contributed by atoms with van der Waals surface area (Å²) in [6.45, 7) is 4.31. The summed E-state index contributed by atoms with van der Waals surface area (Å²) in [4.78, 5) is 17.4. The number of alkyl halides is 3. The van der Waals surface area contributed by atoms with Crippen LogP contribution in [0.3, 0.4) is 0 Å². The summed E-state index contributed by atoms with van der Waals surface area (Å²) in [7, 11) is 1.35. The minimum atomic E-state index is -4.56. The van der Waals surface area contributed by atoms with Crippen LogP contribution in [-0.4, -0.2) is 40.1 Å². The molecule has 0 N–H and O–H groups in total. The fourth-order valence-electron chi connectivity index (χ4n) is 5.69. The van der Waals surface area contributed by atoms with Crippen molar-refractivity contribution in [3.8, 4) is 5.69 Å². The summed E-state index contributed by atoms with van der Waals surface area (Å²) in [5.41, 5.74) is 0.988. The second-order valence-corrected chi connectivity index (χ2v) is 11.7. The van der Waals surface area contributed by atoms with Gasteiger partial charge in [0.1, 0.15) is 11.5 Å². The summed E-state index contributed by atoms with van der Waals surface area (Å²) >= 11 is 1.61. The number of hydrogen-bond donors (Lipinski definition) is 0. The zero-order valence-electron chi connectivity index (χ0n) is 21.7. The Labute approximate surface area is 228 Å². The number of hydrogen-bond acceptors (Lipinski definition) is 5. The van der Waals surface area contributed by atoms with Gasteiger partial charge in [0.2, 0.25) is 0 Å². The number of rotatable bonds is 6.